The minimum absolute atomic E-state index is 0.215. The Morgan fingerprint density at radius 2 is 1.90 bits per heavy atom. The maximum atomic E-state index is 10.8. The zero-order valence-corrected chi connectivity index (χ0v) is 6.68. The molecule has 1 saturated heterocycles. The second-order valence-corrected chi connectivity index (χ2v) is 2.96. The molecule has 0 aromatic heterocycles. The largest absolute Gasteiger partial charge is 0.343 e. The van der Waals surface area contributed by atoms with Crippen LogP contribution in [0.1, 0.15) is 26.7 Å². The van der Waals surface area contributed by atoms with E-state index in [4.69, 9.17) is 0 Å². The number of carbonyl (C=O) groups excluding carboxylic acids is 1. The zero-order valence-electron chi connectivity index (χ0n) is 6.68. The van der Waals surface area contributed by atoms with Gasteiger partial charge in [0.15, 0.2) is 0 Å². The summed E-state index contributed by atoms with van der Waals surface area (Å²) in [5, 5.41) is 0. The Hall–Kier alpha value is -0.530. The first-order valence-electron chi connectivity index (χ1n) is 3.77. The molecule has 0 atom stereocenters. The van der Waals surface area contributed by atoms with Gasteiger partial charge in [0.25, 0.3) is 0 Å². The molecule has 0 saturated carbocycles. The summed E-state index contributed by atoms with van der Waals surface area (Å²) in [5.41, 5.74) is 0. The summed E-state index contributed by atoms with van der Waals surface area (Å²) >= 11 is 0. The predicted octanol–water partition coefficient (Wildman–Crippen LogP) is 1.22. The molecule has 0 spiro atoms. The molecule has 1 rings (SSSR count). The third kappa shape index (κ3) is 1.72. The van der Waals surface area contributed by atoms with Crippen LogP contribution in [0.2, 0.25) is 0 Å². The number of hydrogen-bond donors (Lipinski definition) is 0. The van der Waals surface area contributed by atoms with Crippen LogP contribution in [0.3, 0.4) is 0 Å². The number of hydrogen-bond acceptors (Lipinski definition) is 1. The van der Waals surface area contributed by atoms with Gasteiger partial charge in [-0.25, -0.2) is 0 Å². The highest BCUT2D eigenvalue weighted by Crippen LogP contribution is 2.17. The van der Waals surface area contributed by atoms with Gasteiger partial charge >= 0.3 is 0 Å². The minimum atomic E-state index is 0.215. The van der Waals surface area contributed by atoms with E-state index in [1.807, 2.05) is 4.90 Å². The van der Waals surface area contributed by atoms with Crippen LogP contribution in [-0.4, -0.2) is 23.9 Å². The van der Waals surface area contributed by atoms with Crippen molar-refractivity contribution in [1.29, 1.82) is 0 Å². The molecule has 0 aliphatic carbocycles. The molecule has 57 valence electrons. The molecule has 1 aliphatic rings. The van der Waals surface area contributed by atoms with Gasteiger partial charge in [0.1, 0.15) is 0 Å². The fourth-order valence-electron chi connectivity index (χ4n) is 1.20. The van der Waals surface area contributed by atoms with Crippen molar-refractivity contribution in [2.75, 3.05) is 13.1 Å². The summed E-state index contributed by atoms with van der Waals surface area (Å²) in [6.07, 6.45) is 2.19. The lowest BCUT2D eigenvalue weighted by atomic mass is 9.99. The molecule has 1 radical (unpaired) electrons. The van der Waals surface area contributed by atoms with E-state index in [0.29, 0.717) is 0 Å². The van der Waals surface area contributed by atoms with E-state index < -0.39 is 0 Å². The Labute approximate surface area is 62.2 Å². The van der Waals surface area contributed by atoms with E-state index >= 15 is 0 Å². The lowest BCUT2D eigenvalue weighted by molar-refractivity contribution is -0.129. The first-order valence-corrected chi connectivity index (χ1v) is 3.77. The van der Waals surface area contributed by atoms with Crippen molar-refractivity contribution in [3.05, 3.63) is 5.92 Å². The Bertz CT molecular complexity index is 125. The van der Waals surface area contributed by atoms with Crippen molar-refractivity contribution >= 4 is 5.91 Å². The maximum Gasteiger partial charge on any atom is 0.219 e. The van der Waals surface area contributed by atoms with E-state index in [2.05, 4.69) is 6.92 Å². The maximum absolute atomic E-state index is 10.8. The van der Waals surface area contributed by atoms with Crippen LogP contribution in [0.25, 0.3) is 0 Å². The van der Waals surface area contributed by atoms with Gasteiger partial charge in [0.05, 0.1) is 0 Å². The van der Waals surface area contributed by atoms with Crippen molar-refractivity contribution in [3.63, 3.8) is 0 Å². The molecule has 1 aliphatic heterocycles. The van der Waals surface area contributed by atoms with Crippen LogP contribution in [0.15, 0.2) is 0 Å². The molecule has 2 heteroatoms. The van der Waals surface area contributed by atoms with Crippen LogP contribution in [-0.2, 0) is 4.79 Å². The van der Waals surface area contributed by atoms with Crippen LogP contribution in [0.4, 0.5) is 0 Å². The molecule has 0 aromatic rings. The summed E-state index contributed by atoms with van der Waals surface area (Å²) in [6.45, 7) is 5.67. The summed E-state index contributed by atoms with van der Waals surface area (Å²) in [6, 6.07) is 0. The van der Waals surface area contributed by atoms with Gasteiger partial charge in [-0.2, -0.15) is 0 Å². The Morgan fingerprint density at radius 3 is 2.30 bits per heavy atom. The van der Waals surface area contributed by atoms with Crippen molar-refractivity contribution < 1.29 is 4.79 Å². The highest BCUT2D eigenvalue weighted by Gasteiger charge is 2.16. The number of nitrogens with zero attached hydrogens (tertiary/aromatic N) is 1. The van der Waals surface area contributed by atoms with Crippen LogP contribution >= 0.6 is 0 Å². The molecule has 1 amide bonds. The first-order chi connectivity index (χ1) is 4.70. The SMILES string of the molecule is C[C]1CCN(C(C)=O)CC1. The standard InChI is InChI=1S/C8H14NO/c1-7-3-5-9(6-4-7)8(2)10/h3-6H2,1-2H3. The fourth-order valence-corrected chi connectivity index (χ4v) is 1.20. The smallest absolute Gasteiger partial charge is 0.219 e. The molecule has 2 nitrogen and oxygen atoms in total. The molecule has 0 N–H and O–H groups in total. The number of likely N-dealkylation sites (tertiary alicyclic amines) is 1. The summed E-state index contributed by atoms with van der Waals surface area (Å²) in [5.74, 6) is 1.74. The van der Waals surface area contributed by atoms with E-state index in [1.165, 1.54) is 5.92 Å². The molecule has 0 bridgehead atoms. The normalized spacial score (nSPS) is 21.2. The lowest BCUT2D eigenvalue weighted by Crippen LogP contribution is -2.35. The highest BCUT2D eigenvalue weighted by molar-refractivity contribution is 5.73. The summed E-state index contributed by atoms with van der Waals surface area (Å²) < 4.78 is 0. The second kappa shape index (κ2) is 3.04. The van der Waals surface area contributed by atoms with Crippen LogP contribution in [0.5, 0.6) is 0 Å². The van der Waals surface area contributed by atoms with Gasteiger partial charge in [-0.1, -0.05) is 6.92 Å². The fraction of sp³-hybridized carbons (Fsp3) is 0.750. The van der Waals surface area contributed by atoms with Gasteiger partial charge in [0, 0.05) is 20.0 Å². The Morgan fingerprint density at radius 1 is 1.40 bits per heavy atom. The number of carbonyl (C=O) groups is 1. The van der Waals surface area contributed by atoms with Crippen LogP contribution < -0.4 is 0 Å². The molecule has 1 fully saturated rings. The number of piperidine rings is 1. The van der Waals surface area contributed by atoms with Crippen molar-refractivity contribution in [3.8, 4) is 0 Å². The van der Waals surface area contributed by atoms with E-state index in [-0.39, 0.29) is 5.91 Å². The monoisotopic (exact) mass is 140 g/mol. The molecular weight excluding hydrogens is 126 g/mol. The third-order valence-corrected chi connectivity index (χ3v) is 2.06. The van der Waals surface area contributed by atoms with Crippen LogP contribution in [0, 0.1) is 5.92 Å². The molecule has 0 aromatic carbocycles. The van der Waals surface area contributed by atoms with Gasteiger partial charge in [-0.05, 0) is 18.8 Å². The third-order valence-electron chi connectivity index (χ3n) is 2.06. The van der Waals surface area contributed by atoms with Gasteiger partial charge in [0.2, 0.25) is 5.91 Å². The molecule has 10 heavy (non-hydrogen) atoms. The van der Waals surface area contributed by atoms with E-state index in [1.54, 1.807) is 6.92 Å². The number of amides is 1. The molecular formula is C8H14NO. The lowest BCUT2D eigenvalue weighted by Gasteiger charge is -2.28. The average Bonchev–Trinajstić information content (AvgIpc) is 1.88. The predicted molar refractivity (Wildman–Crippen MR) is 40.4 cm³/mol. The van der Waals surface area contributed by atoms with E-state index in [9.17, 15) is 4.79 Å². The molecule has 0 unspecified atom stereocenters. The minimum Gasteiger partial charge on any atom is -0.343 e. The molecule has 1 heterocycles. The Kier molecular flexibility index (Phi) is 2.30. The summed E-state index contributed by atoms with van der Waals surface area (Å²) in [7, 11) is 0. The van der Waals surface area contributed by atoms with Crippen molar-refractivity contribution in [2.45, 2.75) is 26.7 Å². The highest BCUT2D eigenvalue weighted by atomic mass is 16.2. The van der Waals surface area contributed by atoms with Gasteiger partial charge < -0.3 is 4.90 Å². The zero-order chi connectivity index (χ0) is 7.56. The van der Waals surface area contributed by atoms with Gasteiger partial charge in [-0.15, -0.1) is 0 Å². The van der Waals surface area contributed by atoms with Crippen molar-refractivity contribution in [1.82, 2.24) is 4.90 Å². The Balaban J connectivity index is 2.33. The average molecular weight is 140 g/mol. The number of rotatable bonds is 0. The second-order valence-electron chi connectivity index (χ2n) is 2.96. The summed E-state index contributed by atoms with van der Waals surface area (Å²) in [4.78, 5) is 12.7. The van der Waals surface area contributed by atoms with Gasteiger partial charge in [-0.3, -0.25) is 4.79 Å². The topological polar surface area (TPSA) is 20.3 Å². The quantitative estimate of drug-likeness (QED) is 0.495. The van der Waals surface area contributed by atoms with Crippen molar-refractivity contribution in [2.24, 2.45) is 0 Å². The van der Waals surface area contributed by atoms with E-state index in [0.717, 1.165) is 25.9 Å². The first kappa shape index (κ1) is 7.58.